The predicted octanol–water partition coefficient (Wildman–Crippen LogP) is 1.33. The first-order chi connectivity index (χ1) is 9.75. The Morgan fingerprint density at radius 1 is 1.05 bits per heavy atom. The first-order valence-electron chi connectivity index (χ1n) is 6.13. The molecule has 0 aliphatic rings. The number of fused-ring (bicyclic) bond motifs is 2. The molecule has 0 radical (unpaired) electrons. The van der Waals surface area contributed by atoms with Crippen molar-refractivity contribution >= 4 is 17.2 Å². The van der Waals surface area contributed by atoms with Crippen molar-refractivity contribution in [2.24, 2.45) is 0 Å². The van der Waals surface area contributed by atoms with E-state index in [1.165, 1.54) is 0 Å². The van der Waals surface area contributed by atoms with Gasteiger partial charge in [0, 0.05) is 35.4 Å². The van der Waals surface area contributed by atoms with E-state index in [4.69, 9.17) is 5.73 Å². The summed E-state index contributed by atoms with van der Waals surface area (Å²) in [6, 6.07) is 4.05. The minimum absolute atomic E-state index is 0.361. The highest BCUT2D eigenvalue weighted by Crippen LogP contribution is 2.27. The third-order valence-electron chi connectivity index (χ3n) is 3.40. The van der Waals surface area contributed by atoms with E-state index in [-0.39, 0.29) is 0 Å². The van der Waals surface area contributed by atoms with Crippen molar-refractivity contribution in [3.05, 3.63) is 42.7 Å². The molecule has 0 aliphatic carbocycles. The van der Waals surface area contributed by atoms with Crippen LogP contribution in [0.2, 0.25) is 0 Å². The van der Waals surface area contributed by atoms with Gasteiger partial charge in [-0.05, 0) is 19.1 Å². The second-order valence-electron chi connectivity index (χ2n) is 4.56. The highest BCUT2D eigenvalue weighted by molar-refractivity contribution is 5.86. The van der Waals surface area contributed by atoms with Gasteiger partial charge in [-0.25, -0.2) is 9.97 Å². The van der Waals surface area contributed by atoms with Crippen LogP contribution in [0.3, 0.4) is 0 Å². The topological polar surface area (TPSA) is 86.4 Å². The standard InChI is InChI=1S/C13H11N7/c1-8-2-3-9(11-15-4-5-19(8)11)10-6-16-13(14)20-7-17-18-12(10)20/h2-7H,1H3,(H2,14,16). The number of nitrogen functional groups attached to an aromatic ring is 1. The molecule has 4 heterocycles. The van der Waals surface area contributed by atoms with E-state index in [1.54, 1.807) is 23.1 Å². The first kappa shape index (κ1) is 10.9. The molecule has 0 atom stereocenters. The lowest BCUT2D eigenvalue weighted by Gasteiger charge is -2.08. The molecule has 4 aromatic rings. The van der Waals surface area contributed by atoms with Crippen molar-refractivity contribution in [3.8, 4) is 11.1 Å². The Balaban J connectivity index is 2.12. The van der Waals surface area contributed by atoms with Crippen LogP contribution in [0, 0.1) is 6.92 Å². The van der Waals surface area contributed by atoms with Crippen molar-refractivity contribution in [3.63, 3.8) is 0 Å². The molecule has 4 aromatic heterocycles. The molecule has 0 aromatic carbocycles. The minimum Gasteiger partial charge on any atom is -0.369 e. The number of nitrogens with two attached hydrogens (primary N) is 1. The lowest BCUT2D eigenvalue weighted by atomic mass is 10.1. The average Bonchev–Trinajstić information content (AvgIpc) is 3.09. The second kappa shape index (κ2) is 3.77. The van der Waals surface area contributed by atoms with E-state index in [0.29, 0.717) is 11.6 Å². The van der Waals surface area contributed by atoms with Crippen molar-refractivity contribution in [1.82, 2.24) is 29.0 Å². The van der Waals surface area contributed by atoms with E-state index >= 15 is 0 Å². The number of hydrogen-bond donors (Lipinski definition) is 1. The van der Waals surface area contributed by atoms with Crippen LogP contribution in [0.15, 0.2) is 37.1 Å². The van der Waals surface area contributed by atoms with Crippen molar-refractivity contribution in [2.75, 3.05) is 5.73 Å². The molecule has 4 rings (SSSR count). The third-order valence-corrected chi connectivity index (χ3v) is 3.40. The minimum atomic E-state index is 0.361. The molecule has 0 saturated carbocycles. The van der Waals surface area contributed by atoms with Gasteiger partial charge in [-0.1, -0.05) is 0 Å². The van der Waals surface area contributed by atoms with Gasteiger partial charge in [0.2, 0.25) is 5.95 Å². The van der Waals surface area contributed by atoms with Crippen LogP contribution >= 0.6 is 0 Å². The molecule has 98 valence electrons. The van der Waals surface area contributed by atoms with Gasteiger partial charge in [-0.3, -0.25) is 4.40 Å². The normalized spacial score (nSPS) is 11.4. The Labute approximate surface area is 113 Å². The lowest BCUT2D eigenvalue weighted by molar-refractivity contribution is 1.08. The summed E-state index contributed by atoms with van der Waals surface area (Å²) in [4.78, 5) is 8.61. The van der Waals surface area contributed by atoms with Gasteiger partial charge < -0.3 is 10.1 Å². The van der Waals surface area contributed by atoms with Gasteiger partial charge in [0.05, 0.1) is 0 Å². The zero-order valence-corrected chi connectivity index (χ0v) is 10.7. The summed E-state index contributed by atoms with van der Waals surface area (Å²) < 4.78 is 3.69. The fourth-order valence-electron chi connectivity index (χ4n) is 2.38. The van der Waals surface area contributed by atoms with E-state index in [2.05, 4.69) is 20.2 Å². The molecule has 0 bridgehead atoms. The van der Waals surface area contributed by atoms with Crippen molar-refractivity contribution in [2.45, 2.75) is 6.92 Å². The molecule has 7 heteroatoms. The molecule has 0 aliphatic heterocycles. The maximum Gasteiger partial charge on any atom is 0.207 e. The Kier molecular flexibility index (Phi) is 2.06. The highest BCUT2D eigenvalue weighted by Gasteiger charge is 2.13. The van der Waals surface area contributed by atoms with Crippen LogP contribution in [-0.2, 0) is 0 Å². The number of aromatic nitrogens is 6. The number of nitrogens with zero attached hydrogens (tertiary/aromatic N) is 6. The largest absolute Gasteiger partial charge is 0.369 e. The molecule has 0 unspecified atom stereocenters. The van der Waals surface area contributed by atoms with Gasteiger partial charge >= 0.3 is 0 Å². The number of imidazole rings is 1. The van der Waals surface area contributed by atoms with Crippen LogP contribution < -0.4 is 5.73 Å². The molecule has 0 saturated heterocycles. The van der Waals surface area contributed by atoms with Crippen molar-refractivity contribution in [1.29, 1.82) is 0 Å². The second-order valence-corrected chi connectivity index (χ2v) is 4.56. The van der Waals surface area contributed by atoms with Crippen LogP contribution in [0.25, 0.3) is 22.4 Å². The van der Waals surface area contributed by atoms with Crippen LogP contribution in [-0.4, -0.2) is 29.0 Å². The van der Waals surface area contributed by atoms with E-state index in [9.17, 15) is 0 Å². The van der Waals surface area contributed by atoms with Crippen LogP contribution in [0.1, 0.15) is 5.69 Å². The Bertz CT molecular complexity index is 856. The molecular formula is C13H11N7. The molecule has 0 spiro atoms. The fourth-order valence-corrected chi connectivity index (χ4v) is 2.38. The number of hydrogen-bond acceptors (Lipinski definition) is 5. The Hall–Kier alpha value is -2.96. The van der Waals surface area contributed by atoms with Gasteiger partial charge in [0.1, 0.15) is 12.0 Å². The number of aryl methyl sites for hydroxylation is 1. The Morgan fingerprint density at radius 3 is 2.85 bits per heavy atom. The summed E-state index contributed by atoms with van der Waals surface area (Å²) in [5.41, 5.74) is 10.3. The fraction of sp³-hybridized carbons (Fsp3) is 0.0769. The molecule has 0 amide bonds. The van der Waals surface area contributed by atoms with Gasteiger partial charge in [-0.2, -0.15) is 0 Å². The van der Waals surface area contributed by atoms with E-state index < -0.39 is 0 Å². The summed E-state index contributed by atoms with van der Waals surface area (Å²) in [5.74, 6) is 0.361. The maximum absolute atomic E-state index is 5.82. The van der Waals surface area contributed by atoms with E-state index in [0.717, 1.165) is 22.5 Å². The summed E-state index contributed by atoms with van der Waals surface area (Å²) in [5, 5.41) is 8.02. The molecular weight excluding hydrogens is 254 g/mol. The lowest BCUT2D eigenvalue weighted by Crippen LogP contribution is -2.01. The van der Waals surface area contributed by atoms with Crippen molar-refractivity contribution < 1.29 is 0 Å². The summed E-state index contributed by atoms with van der Waals surface area (Å²) in [6.07, 6.45) is 6.97. The third kappa shape index (κ3) is 1.34. The van der Waals surface area contributed by atoms with Crippen LogP contribution in [0.4, 0.5) is 5.95 Å². The van der Waals surface area contributed by atoms with Gasteiger partial charge in [0.15, 0.2) is 5.65 Å². The number of rotatable bonds is 1. The van der Waals surface area contributed by atoms with E-state index in [1.807, 2.05) is 29.7 Å². The molecule has 2 N–H and O–H groups in total. The first-order valence-corrected chi connectivity index (χ1v) is 6.13. The summed E-state index contributed by atoms with van der Waals surface area (Å²) in [6.45, 7) is 2.03. The summed E-state index contributed by atoms with van der Waals surface area (Å²) >= 11 is 0. The molecule has 0 fully saturated rings. The van der Waals surface area contributed by atoms with Gasteiger partial charge in [-0.15, -0.1) is 10.2 Å². The number of pyridine rings is 1. The van der Waals surface area contributed by atoms with Gasteiger partial charge in [0.25, 0.3) is 0 Å². The maximum atomic E-state index is 5.82. The Morgan fingerprint density at radius 2 is 1.95 bits per heavy atom. The summed E-state index contributed by atoms with van der Waals surface area (Å²) in [7, 11) is 0. The molecule has 20 heavy (non-hydrogen) atoms. The SMILES string of the molecule is Cc1ccc(-c2cnc(N)n3cnnc23)c2nccn12. The molecule has 7 nitrogen and oxygen atoms in total. The highest BCUT2D eigenvalue weighted by atomic mass is 15.3. The zero-order chi connectivity index (χ0) is 13.7. The van der Waals surface area contributed by atoms with Crippen LogP contribution in [0.5, 0.6) is 0 Å². The predicted molar refractivity (Wildman–Crippen MR) is 74.1 cm³/mol. The zero-order valence-electron chi connectivity index (χ0n) is 10.7. The quantitative estimate of drug-likeness (QED) is 0.561. The number of anilines is 1. The monoisotopic (exact) mass is 265 g/mol. The smallest absolute Gasteiger partial charge is 0.207 e. The average molecular weight is 265 g/mol.